The molecule has 0 spiro atoms. The van der Waals surface area contributed by atoms with Gasteiger partial charge in [0.25, 0.3) is 0 Å². The van der Waals surface area contributed by atoms with E-state index in [2.05, 4.69) is 5.32 Å². The number of rotatable bonds is 3. The maximum absolute atomic E-state index is 9.60. The summed E-state index contributed by atoms with van der Waals surface area (Å²) in [5.41, 5.74) is 0. The normalized spacial score (nSPS) is 43.9. The summed E-state index contributed by atoms with van der Waals surface area (Å²) in [6.07, 6.45) is -3.80. The third-order valence-electron chi connectivity index (χ3n) is 2.32. The smallest absolute Gasteiger partial charge is 0.173 e. The fourth-order valence-corrected chi connectivity index (χ4v) is 1.44. The van der Waals surface area contributed by atoms with E-state index in [0.29, 0.717) is 0 Å². The molecule has 4 N–H and O–H groups in total. The summed E-state index contributed by atoms with van der Waals surface area (Å²) in [5, 5.41) is 31.2. The molecule has 0 amide bonds. The Bertz CT molecular complexity index is 179. The molecule has 5 unspecified atom stereocenters. The van der Waals surface area contributed by atoms with E-state index in [0.717, 1.165) is 0 Å². The van der Waals surface area contributed by atoms with Crippen LogP contribution >= 0.6 is 0 Å². The number of methoxy groups -OCH3 is 1. The first-order chi connectivity index (χ1) is 6.57. The molecule has 0 aromatic carbocycles. The first-order valence-corrected chi connectivity index (χ1v) is 4.50. The molecule has 0 aliphatic carbocycles. The third kappa shape index (κ3) is 2.41. The Morgan fingerprint density at radius 3 is 2.50 bits per heavy atom. The zero-order valence-electron chi connectivity index (χ0n) is 8.25. The number of aliphatic hydroxyl groups is 3. The van der Waals surface area contributed by atoms with Gasteiger partial charge in [-0.1, -0.05) is 0 Å². The number of aliphatic hydroxyl groups excluding tert-OH is 3. The molecule has 0 saturated carbocycles. The average Bonchev–Trinajstić information content (AvgIpc) is 2.14. The van der Waals surface area contributed by atoms with E-state index in [1.807, 2.05) is 0 Å². The summed E-state index contributed by atoms with van der Waals surface area (Å²) in [6, 6.07) is -0.735. The van der Waals surface area contributed by atoms with Gasteiger partial charge in [0, 0.05) is 7.11 Å². The zero-order valence-corrected chi connectivity index (χ0v) is 8.25. The van der Waals surface area contributed by atoms with Gasteiger partial charge in [-0.25, -0.2) is 0 Å². The minimum absolute atomic E-state index is 0.170. The molecule has 1 rings (SSSR count). The lowest BCUT2D eigenvalue weighted by molar-refractivity contribution is -0.244. The van der Waals surface area contributed by atoms with Gasteiger partial charge < -0.3 is 24.8 Å². The fraction of sp³-hybridized carbons (Fsp3) is 1.00. The van der Waals surface area contributed by atoms with Crippen LogP contribution < -0.4 is 5.32 Å². The van der Waals surface area contributed by atoms with E-state index in [1.54, 1.807) is 6.92 Å². The Morgan fingerprint density at radius 1 is 1.29 bits per heavy atom. The molecule has 1 fully saturated rings. The summed E-state index contributed by atoms with van der Waals surface area (Å²) in [6.45, 7) is 1.76. The van der Waals surface area contributed by atoms with E-state index in [4.69, 9.17) is 9.47 Å². The van der Waals surface area contributed by atoms with Crippen molar-refractivity contribution in [1.29, 1.82) is 0 Å². The fourth-order valence-electron chi connectivity index (χ4n) is 1.44. The van der Waals surface area contributed by atoms with Crippen molar-refractivity contribution in [2.45, 2.75) is 37.6 Å². The molecule has 6 nitrogen and oxygen atoms in total. The molecule has 0 aromatic heterocycles. The van der Waals surface area contributed by atoms with Crippen LogP contribution in [0, 0.1) is 0 Å². The van der Waals surface area contributed by atoms with Gasteiger partial charge in [0.2, 0.25) is 0 Å². The van der Waals surface area contributed by atoms with Crippen molar-refractivity contribution in [2.24, 2.45) is 0 Å². The number of nitrogens with one attached hydrogen (secondary N) is 1. The quantitative estimate of drug-likeness (QED) is 0.400. The zero-order chi connectivity index (χ0) is 10.7. The summed E-state index contributed by atoms with van der Waals surface area (Å²) in [7, 11) is 1.48. The van der Waals surface area contributed by atoms with Crippen LogP contribution in [0.3, 0.4) is 0 Å². The Balaban J connectivity index is 2.55. The van der Waals surface area contributed by atoms with Gasteiger partial charge >= 0.3 is 0 Å². The third-order valence-corrected chi connectivity index (χ3v) is 2.32. The second-order valence-electron chi connectivity index (χ2n) is 3.38. The minimum atomic E-state index is -1.14. The highest BCUT2D eigenvalue weighted by atomic mass is 16.6. The van der Waals surface area contributed by atoms with E-state index in [9.17, 15) is 15.3 Å². The van der Waals surface area contributed by atoms with Crippen LogP contribution in [-0.4, -0.2) is 59.8 Å². The maximum Gasteiger partial charge on any atom is 0.173 e. The van der Waals surface area contributed by atoms with Gasteiger partial charge in [-0.15, -0.1) is 0 Å². The molecular weight excluding hydrogens is 190 g/mol. The predicted octanol–water partition coefficient (Wildman–Crippen LogP) is -1.99. The highest BCUT2D eigenvalue weighted by molar-refractivity contribution is 4.90. The standard InChI is InChI=1S/C8H17NO5/c1-4-6(10)7(11)5(8(12)14-4)9-3-13-2/h4-12H,3H2,1-2H3. The van der Waals surface area contributed by atoms with Gasteiger partial charge in [-0.3, -0.25) is 5.32 Å². The molecule has 14 heavy (non-hydrogen) atoms. The Labute approximate surface area is 82.4 Å². The lowest BCUT2D eigenvalue weighted by atomic mass is 9.98. The lowest BCUT2D eigenvalue weighted by Crippen LogP contribution is -2.62. The molecule has 0 aromatic rings. The second kappa shape index (κ2) is 5.01. The van der Waals surface area contributed by atoms with E-state index < -0.39 is 30.6 Å². The van der Waals surface area contributed by atoms with Gasteiger partial charge in [-0.05, 0) is 6.92 Å². The van der Waals surface area contributed by atoms with Gasteiger partial charge in [0.15, 0.2) is 6.29 Å². The van der Waals surface area contributed by atoms with E-state index >= 15 is 0 Å². The van der Waals surface area contributed by atoms with Crippen molar-refractivity contribution in [3.05, 3.63) is 0 Å². The van der Waals surface area contributed by atoms with Crippen molar-refractivity contribution < 1.29 is 24.8 Å². The number of hydrogen-bond acceptors (Lipinski definition) is 6. The number of ether oxygens (including phenoxy) is 2. The van der Waals surface area contributed by atoms with Crippen LogP contribution in [0.15, 0.2) is 0 Å². The molecule has 5 atom stereocenters. The topological polar surface area (TPSA) is 91.2 Å². The molecule has 1 saturated heterocycles. The summed E-state index contributed by atoms with van der Waals surface area (Å²) in [5.74, 6) is 0. The van der Waals surface area contributed by atoms with Crippen molar-refractivity contribution in [3.8, 4) is 0 Å². The Kier molecular flexibility index (Phi) is 4.24. The Hall–Kier alpha value is -0.240. The van der Waals surface area contributed by atoms with Crippen molar-refractivity contribution in [3.63, 3.8) is 0 Å². The average molecular weight is 207 g/mol. The second-order valence-corrected chi connectivity index (χ2v) is 3.38. The molecule has 84 valence electrons. The highest BCUT2D eigenvalue weighted by Crippen LogP contribution is 2.19. The lowest BCUT2D eigenvalue weighted by Gasteiger charge is -2.39. The monoisotopic (exact) mass is 207 g/mol. The van der Waals surface area contributed by atoms with Crippen LogP contribution in [0.2, 0.25) is 0 Å². The SMILES string of the molecule is COCNC1C(O)OC(C)C(O)C1O. The van der Waals surface area contributed by atoms with E-state index in [1.165, 1.54) is 7.11 Å². The van der Waals surface area contributed by atoms with Crippen LogP contribution in [0.1, 0.15) is 6.92 Å². The van der Waals surface area contributed by atoms with Crippen LogP contribution in [0.25, 0.3) is 0 Å². The summed E-state index contributed by atoms with van der Waals surface area (Å²) in [4.78, 5) is 0. The molecule has 1 heterocycles. The molecule has 0 radical (unpaired) electrons. The molecule has 0 bridgehead atoms. The molecule has 1 aliphatic heterocycles. The molecule has 6 heteroatoms. The highest BCUT2D eigenvalue weighted by Gasteiger charge is 2.41. The Morgan fingerprint density at radius 2 is 1.93 bits per heavy atom. The molecule has 1 aliphatic rings. The van der Waals surface area contributed by atoms with Crippen LogP contribution in [-0.2, 0) is 9.47 Å². The van der Waals surface area contributed by atoms with Crippen molar-refractivity contribution in [1.82, 2.24) is 5.32 Å². The molecular formula is C8H17NO5. The maximum atomic E-state index is 9.60. The first kappa shape index (κ1) is 11.8. The minimum Gasteiger partial charge on any atom is -0.388 e. The van der Waals surface area contributed by atoms with Crippen LogP contribution in [0.5, 0.6) is 0 Å². The van der Waals surface area contributed by atoms with Gasteiger partial charge in [0.1, 0.15) is 12.2 Å². The largest absolute Gasteiger partial charge is 0.388 e. The predicted molar refractivity (Wildman–Crippen MR) is 47.4 cm³/mol. The summed E-state index contributed by atoms with van der Waals surface area (Å²) < 4.78 is 9.74. The summed E-state index contributed by atoms with van der Waals surface area (Å²) >= 11 is 0. The van der Waals surface area contributed by atoms with Crippen molar-refractivity contribution in [2.75, 3.05) is 13.8 Å². The van der Waals surface area contributed by atoms with E-state index in [-0.39, 0.29) is 6.73 Å². The van der Waals surface area contributed by atoms with Gasteiger partial charge in [0.05, 0.1) is 18.9 Å². The first-order valence-electron chi connectivity index (χ1n) is 4.50. The number of hydrogen-bond donors (Lipinski definition) is 4. The van der Waals surface area contributed by atoms with Crippen LogP contribution in [0.4, 0.5) is 0 Å². The van der Waals surface area contributed by atoms with Crippen molar-refractivity contribution >= 4 is 0 Å². The van der Waals surface area contributed by atoms with Gasteiger partial charge in [-0.2, -0.15) is 0 Å².